The minimum Gasteiger partial charge on any atom is -0.371 e. The van der Waals surface area contributed by atoms with Crippen molar-refractivity contribution in [1.29, 1.82) is 5.26 Å². The van der Waals surface area contributed by atoms with Crippen molar-refractivity contribution in [2.75, 3.05) is 18.0 Å². The highest BCUT2D eigenvalue weighted by Crippen LogP contribution is 2.28. The fourth-order valence-electron chi connectivity index (χ4n) is 2.64. The molecular formula is C14H18N4O2S. The zero-order chi connectivity index (χ0) is 14.9. The molecule has 1 aromatic heterocycles. The van der Waals surface area contributed by atoms with Crippen molar-refractivity contribution in [3.8, 4) is 6.07 Å². The maximum atomic E-state index is 11.9. The highest BCUT2D eigenvalue weighted by atomic mass is 32.2. The molecule has 1 aromatic rings. The lowest BCUT2D eigenvalue weighted by Gasteiger charge is -2.33. The Morgan fingerprint density at radius 3 is 2.62 bits per heavy atom. The van der Waals surface area contributed by atoms with E-state index in [-0.39, 0.29) is 11.3 Å². The molecule has 7 heteroatoms. The Morgan fingerprint density at radius 2 is 2.00 bits per heavy atom. The number of rotatable bonds is 4. The number of nitrogens with zero attached hydrogens (tertiary/aromatic N) is 3. The number of sulfonamides is 1. The van der Waals surface area contributed by atoms with Gasteiger partial charge in [-0.3, -0.25) is 0 Å². The second-order valence-electron chi connectivity index (χ2n) is 5.63. The molecule has 3 rings (SSSR count). The number of pyridine rings is 1. The van der Waals surface area contributed by atoms with Crippen LogP contribution < -0.4 is 9.62 Å². The molecule has 1 saturated carbocycles. The number of hydrogen-bond acceptors (Lipinski definition) is 5. The third-order valence-corrected chi connectivity index (χ3v) is 6.02. The number of hydrogen-bond donors (Lipinski definition) is 1. The van der Waals surface area contributed by atoms with E-state index < -0.39 is 10.0 Å². The molecule has 0 aromatic carbocycles. The summed E-state index contributed by atoms with van der Waals surface area (Å²) in [4.78, 5) is 6.13. The first-order chi connectivity index (χ1) is 10.1. The molecule has 0 amide bonds. The highest BCUT2D eigenvalue weighted by molar-refractivity contribution is 7.90. The Kier molecular flexibility index (Phi) is 3.83. The molecule has 0 bridgehead atoms. The summed E-state index contributed by atoms with van der Waals surface area (Å²) in [6.45, 7) is 1.57. The SMILES string of the molecule is N#Cc1cc(N2CCC(NS(=O)(=O)C3CC3)CC2)ccn1. The van der Waals surface area contributed by atoms with Crippen molar-refractivity contribution in [3.63, 3.8) is 0 Å². The largest absolute Gasteiger partial charge is 0.371 e. The summed E-state index contributed by atoms with van der Waals surface area (Å²) in [6, 6.07) is 5.72. The minimum absolute atomic E-state index is 0.0316. The predicted octanol–water partition coefficient (Wildman–Crippen LogP) is 1.00. The summed E-state index contributed by atoms with van der Waals surface area (Å²) in [5, 5.41) is 8.72. The quantitative estimate of drug-likeness (QED) is 0.897. The van der Waals surface area contributed by atoms with Gasteiger partial charge in [0.2, 0.25) is 10.0 Å². The fourth-order valence-corrected chi connectivity index (χ4v) is 4.29. The van der Waals surface area contributed by atoms with Crippen LogP contribution >= 0.6 is 0 Å². The lowest BCUT2D eigenvalue weighted by molar-refractivity contribution is 0.459. The van der Waals surface area contributed by atoms with Crippen LogP contribution in [0.5, 0.6) is 0 Å². The van der Waals surface area contributed by atoms with Gasteiger partial charge in [0.1, 0.15) is 11.8 Å². The standard InChI is InChI=1S/C14H18N4O2S/c15-10-12-9-13(3-6-16-12)18-7-4-11(5-8-18)17-21(19,20)14-1-2-14/h3,6,9,11,14,17H,1-2,4-5,7-8H2. The minimum atomic E-state index is -3.10. The number of anilines is 1. The van der Waals surface area contributed by atoms with Gasteiger partial charge in [-0.25, -0.2) is 18.1 Å². The summed E-state index contributed by atoms with van der Waals surface area (Å²) in [7, 11) is -3.10. The van der Waals surface area contributed by atoms with Crippen LogP contribution in [-0.4, -0.2) is 37.8 Å². The van der Waals surface area contributed by atoms with Crippen molar-refractivity contribution < 1.29 is 8.42 Å². The molecule has 1 N–H and O–H groups in total. The third-order valence-electron chi connectivity index (χ3n) is 4.01. The first-order valence-corrected chi connectivity index (χ1v) is 8.75. The van der Waals surface area contributed by atoms with Gasteiger partial charge in [-0.05, 0) is 37.8 Å². The maximum absolute atomic E-state index is 11.9. The van der Waals surface area contributed by atoms with Gasteiger partial charge in [0.05, 0.1) is 5.25 Å². The van der Waals surface area contributed by atoms with Gasteiger partial charge in [-0.2, -0.15) is 5.26 Å². The van der Waals surface area contributed by atoms with Crippen LogP contribution in [0.25, 0.3) is 0 Å². The lowest BCUT2D eigenvalue weighted by atomic mass is 10.1. The van der Waals surface area contributed by atoms with Gasteiger partial charge < -0.3 is 4.90 Å². The van der Waals surface area contributed by atoms with Crippen molar-refractivity contribution >= 4 is 15.7 Å². The van der Waals surface area contributed by atoms with Crippen molar-refractivity contribution in [1.82, 2.24) is 9.71 Å². The van der Waals surface area contributed by atoms with E-state index in [2.05, 4.69) is 14.6 Å². The molecule has 1 aliphatic carbocycles. The first-order valence-electron chi connectivity index (χ1n) is 7.21. The smallest absolute Gasteiger partial charge is 0.214 e. The van der Waals surface area contributed by atoms with E-state index in [0.717, 1.165) is 44.5 Å². The number of aromatic nitrogens is 1. The second kappa shape index (κ2) is 5.62. The Balaban J connectivity index is 1.58. The van der Waals surface area contributed by atoms with Crippen LogP contribution in [0.3, 0.4) is 0 Å². The molecule has 1 saturated heterocycles. The van der Waals surface area contributed by atoms with Crippen LogP contribution in [0.15, 0.2) is 18.3 Å². The first kappa shape index (κ1) is 14.3. The van der Waals surface area contributed by atoms with Crippen molar-refractivity contribution in [2.45, 2.75) is 37.0 Å². The molecule has 0 spiro atoms. The molecule has 0 radical (unpaired) electrons. The van der Waals surface area contributed by atoms with E-state index in [4.69, 9.17) is 5.26 Å². The van der Waals surface area contributed by atoms with E-state index in [1.807, 2.05) is 12.1 Å². The summed E-state index contributed by atoms with van der Waals surface area (Å²) < 4.78 is 26.7. The van der Waals surface area contributed by atoms with E-state index in [1.54, 1.807) is 12.3 Å². The average Bonchev–Trinajstić information content (AvgIpc) is 3.33. The van der Waals surface area contributed by atoms with Gasteiger partial charge in [-0.1, -0.05) is 0 Å². The summed E-state index contributed by atoms with van der Waals surface area (Å²) in [5.74, 6) is 0. The maximum Gasteiger partial charge on any atom is 0.214 e. The van der Waals surface area contributed by atoms with E-state index in [0.29, 0.717) is 5.69 Å². The molecule has 2 aliphatic rings. The van der Waals surface area contributed by atoms with Crippen LogP contribution in [0.1, 0.15) is 31.4 Å². The van der Waals surface area contributed by atoms with E-state index >= 15 is 0 Å². The van der Waals surface area contributed by atoms with Crippen LogP contribution in [0.4, 0.5) is 5.69 Å². The zero-order valence-corrected chi connectivity index (χ0v) is 12.5. The molecule has 6 nitrogen and oxygen atoms in total. The molecular weight excluding hydrogens is 288 g/mol. The van der Waals surface area contributed by atoms with Gasteiger partial charge in [0.15, 0.2) is 0 Å². The summed E-state index contributed by atoms with van der Waals surface area (Å²) in [5.41, 5.74) is 1.38. The molecule has 0 atom stereocenters. The average molecular weight is 306 g/mol. The lowest BCUT2D eigenvalue weighted by Crippen LogP contribution is -2.45. The van der Waals surface area contributed by atoms with Gasteiger partial charge in [0.25, 0.3) is 0 Å². The number of nitriles is 1. The fraction of sp³-hybridized carbons (Fsp3) is 0.571. The number of piperidine rings is 1. The van der Waals surface area contributed by atoms with Gasteiger partial charge in [0, 0.05) is 31.0 Å². The molecule has 2 heterocycles. The monoisotopic (exact) mass is 306 g/mol. The Hall–Kier alpha value is -1.65. The normalized spacial score (nSPS) is 20.2. The Bertz CT molecular complexity index is 656. The van der Waals surface area contributed by atoms with Crippen LogP contribution in [-0.2, 0) is 10.0 Å². The zero-order valence-electron chi connectivity index (χ0n) is 11.7. The van der Waals surface area contributed by atoms with Gasteiger partial charge in [-0.15, -0.1) is 0 Å². The second-order valence-corrected chi connectivity index (χ2v) is 7.63. The van der Waals surface area contributed by atoms with E-state index in [1.165, 1.54) is 0 Å². The van der Waals surface area contributed by atoms with Crippen molar-refractivity contribution in [2.24, 2.45) is 0 Å². The van der Waals surface area contributed by atoms with Crippen molar-refractivity contribution in [3.05, 3.63) is 24.0 Å². The topological polar surface area (TPSA) is 86.1 Å². The van der Waals surface area contributed by atoms with Crippen LogP contribution in [0, 0.1) is 11.3 Å². The third kappa shape index (κ3) is 3.34. The Morgan fingerprint density at radius 1 is 1.29 bits per heavy atom. The van der Waals surface area contributed by atoms with Crippen LogP contribution in [0.2, 0.25) is 0 Å². The highest BCUT2D eigenvalue weighted by Gasteiger charge is 2.37. The molecule has 0 unspecified atom stereocenters. The predicted molar refractivity (Wildman–Crippen MR) is 79.3 cm³/mol. The van der Waals surface area contributed by atoms with E-state index in [9.17, 15) is 8.42 Å². The van der Waals surface area contributed by atoms with Gasteiger partial charge >= 0.3 is 0 Å². The summed E-state index contributed by atoms with van der Waals surface area (Å²) in [6.07, 6.45) is 4.80. The Labute approximate surface area is 124 Å². The molecule has 2 fully saturated rings. The summed E-state index contributed by atoms with van der Waals surface area (Å²) >= 11 is 0. The number of nitrogens with one attached hydrogen (secondary N) is 1. The molecule has 21 heavy (non-hydrogen) atoms. The molecule has 112 valence electrons. The molecule has 1 aliphatic heterocycles.